The lowest BCUT2D eigenvalue weighted by molar-refractivity contribution is -0.129. The summed E-state index contributed by atoms with van der Waals surface area (Å²) in [5.74, 6) is 0. The number of ether oxygens (including phenoxy) is 1. The Kier molecular flexibility index (Phi) is 3.39. The molecule has 1 aromatic rings. The molecule has 0 fully saturated rings. The average Bonchev–Trinajstić information content (AvgIpc) is 2.10. The maximum absolute atomic E-state index is 9.90. The molecule has 13 heavy (non-hydrogen) atoms. The highest BCUT2D eigenvalue weighted by Crippen LogP contribution is 2.28. The summed E-state index contributed by atoms with van der Waals surface area (Å²) in [7, 11) is 0. The van der Waals surface area contributed by atoms with Crippen LogP contribution in [0.2, 0.25) is 10.0 Å². The fraction of sp³-hybridized carbons (Fsp3) is 0.125. The number of hydrogen-bond acceptors (Lipinski definition) is 3. The van der Waals surface area contributed by atoms with E-state index in [2.05, 4.69) is 4.74 Å². The minimum Gasteiger partial charge on any atom is -0.463 e. The first-order valence-electron chi connectivity index (χ1n) is 3.43. The number of nitrogens with two attached hydrogens (primary N) is 1. The third-order valence-corrected chi connectivity index (χ3v) is 2.08. The molecule has 1 rings (SSSR count). The highest BCUT2D eigenvalue weighted by Gasteiger charge is 2.04. The van der Waals surface area contributed by atoms with Gasteiger partial charge in [-0.3, -0.25) is 4.79 Å². The van der Waals surface area contributed by atoms with Crippen molar-refractivity contribution in [2.75, 3.05) is 5.73 Å². The molecular weight excluding hydrogens is 213 g/mol. The van der Waals surface area contributed by atoms with Crippen molar-refractivity contribution in [1.29, 1.82) is 0 Å². The van der Waals surface area contributed by atoms with Crippen LogP contribution in [0.3, 0.4) is 0 Å². The molecule has 0 saturated carbocycles. The van der Waals surface area contributed by atoms with Gasteiger partial charge < -0.3 is 10.5 Å². The van der Waals surface area contributed by atoms with Gasteiger partial charge in [0.1, 0.15) is 6.61 Å². The van der Waals surface area contributed by atoms with E-state index in [9.17, 15) is 4.79 Å². The Labute approximate surface area is 85.4 Å². The maximum atomic E-state index is 9.90. The second-order valence-corrected chi connectivity index (χ2v) is 3.19. The third-order valence-electron chi connectivity index (χ3n) is 1.46. The van der Waals surface area contributed by atoms with Crippen LogP contribution in [0.1, 0.15) is 5.56 Å². The lowest BCUT2D eigenvalue weighted by Gasteiger charge is -2.04. The summed E-state index contributed by atoms with van der Waals surface area (Å²) >= 11 is 11.5. The zero-order valence-corrected chi connectivity index (χ0v) is 8.10. The Morgan fingerprint density at radius 2 is 1.92 bits per heavy atom. The van der Waals surface area contributed by atoms with Crippen LogP contribution in [0.4, 0.5) is 5.69 Å². The number of anilines is 1. The molecule has 1 aromatic carbocycles. The smallest absolute Gasteiger partial charge is 0.293 e. The molecule has 0 spiro atoms. The van der Waals surface area contributed by atoms with Gasteiger partial charge in [-0.2, -0.15) is 0 Å². The fourth-order valence-electron chi connectivity index (χ4n) is 0.850. The first-order valence-corrected chi connectivity index (χ1v) is 4.19. The van der Waals surface area contributed by atoms with E-state index in [0.29, 0.717) is 27.8 Å². The molecule has 5 heteroatoms. The van der Waals surface area contributed by atoms with Crippen molar-refractivity contribution in [3.05, 3.63) is 27.7 Å². The van der Waals surface area contributed by atoms with E-state index in [-0.39, 0.29) is 6.61 Å². The van der Waals surface area contributed by atoms with E-state index in [1.165, 1.54) is 0 Å². The number of rotatable bonds is 3. The zero-order chi connectivity index (χ0) is 9.84. The first-order chi connectivity index (χ1) is 6.15. The number of carbonyl (C=O) groups is 1. The normalized spacial score (nSPS) is 9.69. The summed E-state index contributed by atoms with van der Waals surface area (Å²) in [6.45, 7) is 0.501. The standard InChI is InChI=1S/C8H7Cl2NO2/c9-6-1-5(3-13-4-12)2-7(10)8(6)11/h1-2,4H,3,11H2. The van der Waals surface area contributed by atoms with Gasteiger partial charge in [-0.25, -0.2) is 0 Å². The predicted molar refractivity (Wildman–Crippen MR) is 51.7 cm³/mol. The number of benzene rings is 1. The van der Waals surface area contributed by atoms with E-state index < -0.39 is 0 Å². The Balaban J connectivity index is 2.92. The molecule has 0 aliphatic carbocycles. The number of hydrogen-bond donors (Lipinski definition) is 1. The molecule has 2 N–H and O–H groups in total. The van der Waals surface area contributed by atoms with Crippen LogP contribution >= 0.6 is 23.2 Å². The van der Waals surface area contributed by atoms with Gasteiger partial charge >= 0.3 is 0 Å². The second kappa shape index (κ2) is 4.35. The minimum absolute atomic E-state index is 0.142. The van der Waals surface area contributed by atoms with E-state index >= 15 is 0 Å². The van der Waals surface area contributed by atoms with Crippen LogP contribution in [0.5, 0.6) is 0 Å². The van der Waals surface area contributed by atoms with Gasteiger partial charge in [-0.05, 0) is 17.7 Å². The minimum atomic E-state index is 0.142. The molecule has 0 amide bonds. The van der Waals surface area contributed by atoms with Crippen LogP contribution in [-0.2, 0) is 16.1 Å². The number of halogens is 2. The van der Waals surface area contributed by atoms with Gasteiger partial charge in [0.2, 0.25) is 0 Å². The topological polar surface area (TPSA) is 52.3 Å². The summed E-state index contributed by atoms with van der Waals surface area (Å²) in [4.78, 5) is 9.90. The summed E-state index contributed by atoms with van der Waals surface area (Å²) in [5, 5.41) is 0.717. The van der Waals surface area contributed by atoms with Crippen LogP contribution in [0, 0.1) is 0 Å². The van der Waals surface area contributed by atoms with Crippen molar-refractivity contribution in [3.8, 4) is 0 Å². The highest BCUT2D eigenvalue weighted by molar-refractivity contribution is 6.38. The third kappa shape index (κ3) is 2.50. The van der Waals surface area contributed by atoms with E-state index in [4.69, 9.17) is 28.9 Å². The molecule has 0 saturated heterocycles. The van der Waals surface area contributed by atoms with Gasteiger partial charge in [-0.15, -0.1) is 0 Å². The maximum Gasteiger partial charge on any atom is 0.293 e. The lowest BCUT2D eigenvalue weighted by Crippen LogP contribution is -1.94. The molecule has 0 aromatic heterocycles. The van der Waals surface area contributed by atoms with Gasteiger partial charge in [-0.1, -0.05) is 23.2 Å². The largest absolute Gasteiger partial charge is 0.463 e. The Morgan fingerprint density at radius 3 is 2.38 bits per heavy atom. The summed E-state index contributed by atoms with van der Waals surface area (Å²) in [5.41, 5.74) is 6.54. The first kappa shape index (κ1) is 10.2. The molecule has 0 atom stereocenters. The molecular formula is C8H7Cl2NO2. The van der Waals surface area contributed by atoms with Gasteiger partial charge in [0.05, 0.1) is 15.7 Å². The van der Waals surface area contributed by atoms with Crippen LogP contribution in [-0.4, -0.2) is 6.47 Å². The van der Waals surface area contributed by atoms with Crippen molar-refractivity contribution in [1.82, 2.24) is 0 Å². The Bertz CT molecular complexity index is 305. The van der Waals surface area contributed by atoms with Crippen molar-refractivity contribution >= 4 is 35.4 Å². The predicted octanol–water partition coefficient (Wildman–Crippen LogP) is 2.25. The molecule has 0 aliphatic rings. The van der Waals surface area contributed by atoms with Crippen LogP contribution in [0.25, 0.3) is 0 Å². The zero-order valence-electron chi connectivity index (χ0n) is 6.59. The molecule has 70 valence electrons. The van der Waals surface area contributed by atoms with Crippen molar-refractivity contribution in [3.63, 3.8) is 0 Å². The molecule has 0 heterocycles. The van der Waals surface area contributed by atoms with Crippen molar-refractivity contribution in [2.24, 2.45) is 0 Å². The Morgan fingerprint density at radius 1 is 1.38 bits per heavy atom. The van der Waals surface area contributed by atoms with Crippen LogP contribution < -0.4 is 5.73 Å². The fourth-order valence-corrected chi connectivity index (χ4v) is 1.38. The molecule has 0 bridgehead atoms. The van der Waals surface area contributed by atoms with E-state index in [0.717, 1.165) is 0 Å². The van der Waals surface area contributed by atoms with E-state index in [1.807, 2.05) is 0 Å². The number of carbonyl (C=O) groups excluding carboxylic acids is 1. The molecule has 3 nitrogen and oxygen atoms in total. The van der Waals surface area contributed by atoms with E-state index in [1.54, 1.807) is 12.1 Å². The van der Waals surface area contributed by atoms with Gasteiger partial charge in [0.25, 0.3) is 6.47 Å². The monoisotopic (exact) mass is 219 g/mol. The van der Waals surface area contributed by atoms with Crippen LogP contribution in [0.15, 0.2) is 12.1 Å². The quantitative estimate of drug-likeness (QED) is 0.627. The number of nitrogen functional groups attached to an aromatic ring is 1. The summed E-state index contributed by atoms with van der Waals surface area (Å²) in [6.07, 6.45) is 0. The lowest BCUT2D eigenvalue weighted by atomic mass is 10.2. The SMILES string of the molecule is Nc1c(Cl)cc(COC=O)cc1Cl. The second-order valence-electron chi connectivity index (χ2n) is 2.38. The summed E-state index contributed by atoms with van der Waals surface area (Å²) in [6, 6.07) is 3.21. The molecule has 0 radical (unpaired) electrons. The molecule has 0 aliphatic heterocycles. The highest BCUT2D eigenvalue weighted by atomic mass is 35.5. The van der Waals surface area contributed by atoms with Gasteiger partial charge in [0, 0.05) is 0 Å². The van der Waals surface area contributed by atoms with Crippen molar-refractivity contribution in [2.45, 2.75) is 6.61 Å². The molecule has 0 unspecified atom stereocenters. The van der Waals surface area contributed by atoms with Crippen molar-refractivity contribution < 1.29 is 9.53 Å². The van der Waals surface area contributed by atoms with Gasteiger partial charge in [0.15, 0.2) is 0 Å². The summed E-state index contributed by atoms with van der Waals surface area (Å²) < 4.78 is 4.53. The average molecular weight is 220 g/mol. The Hall–Kier alpha value is -0.930.